The molecule has 0 heterocycles. The highest BCUT2D eigenvalue weighted by molar-refractivity contribution is 7.70. The van der Waals surface area contributed by atoms with E-state index in [2.05, 4.69) is 27.2 Å². The summed E-state index contributed by atoms with van der Waals surface area (Å²) in [5, 5.41) is 0. The first-order valence-corrected chi connectivity index (χ1v) is 7.86. The molecular weight excluding hydrogens is 191 g/mol. The maximum Gasteiger partial charge on any atom is 0.185 e. The molecule has 0 N–H and O–H groups in total. The monoisotopic (exact) mass is 211 g/mol. The van der Waals surface area contributed by atoms with Crippen LogP contribution >= 0.6 is 7.49 Å². The van der Waals surface area contributed by atoms with Gasteiger partial charge in [0.1, 0.15) is 0 Å². The van der Waals surface area contributed by atoms with E-state index in [9.17, 15) is 0 Å². The minimum absolute atomic E-state index is 0.710. The molecule has 0 atom stereocenters. The van der Waals surface area contributed by atoms with Crippen molar-refractivity contribution < 1.29 is 4.52 Å². The van der Waals surface area contributed by atoms with Gasteiger partial charge in [-0.15, -0.1) is 0 Å². The van der Waals surface area contributed by atoms with E-state index in [0.717, 1.165) is 5.75 Å². The lowest BCUT2D eigenvalue weighted by Crippen LogP contribution is -2.07. The van der Waals surface area contributed by atoms with Crippen molar-refractivity contribution in [2.24, 2.45) is 5.92 Å². The van der Waals surface area contributed by atoms with Crippen LogP contribution in [0.5, 0.6) is 5.75 Å². The predicted molar refractivity (Wildman–Crippen MR) is 65.5 cm³/mol. The van der Waals surface area contributed by atoms with E-state index in [1.165, 1.54) is 6.16 Å². The lowest BCUT2D eigenvalue weighted by Gasteiger charge is -2.19. The van der Waals surface area contributed by atoms with Gasteiger partial charge < -0.3 is 4.52 Å². The second kappa shape index (κ2) is 4.79. The predicted octanol–water partition coefficient (Wildman–Crippen LogP) is 3.91. The van der Waals surface area contributed by atoms with Gasteiger partial charge in [-0.1, -0.05) is 32.0 Å². The summed E-state index contributed by atoms with van der Waals surface area (Å²) in [6.45, 7) is 8.99. The van der Waals surface area contributed by atoms with Crippen LogP contribution in [-0.4, -0.2) is 19.5 Å². The van der Waals surface area contributed by atoms with E-state index < -0.39 is 7.49 Å². The van der Waals surface area contributed by atoms with Gasteiger partial charge in [0, 0.05) is 0 Å². The summed E-state index contributed by atoms with van der Waals surface area (Å²) in [5.41, 5.74) is 0. The SMILES string of the molecule is CC(C)C[P+](C)(C)Oc1ccccc1. The number of rotatable bonds is 4. The van der Waals surface area contributed by atoms with Crippen molar-refractivity contribution in [1.82, 2.24) is 0 Å². The molecule has 1 nitrogen and oxygen atoms in total. The Morgan fingerprint density at radius 3 is 2.21 bits per heavy atom. The summed E-state index contributed by atoms with van der Waals surface area (Å²) in [5.74, 6) is 1.72. The summed E-state index contributed by atoms with van der Waals surface area (Å²) < 4.78 is 6.02. The topological polar surface area (TPSA) is 9.23 Å². The van der Waals surface area contributed by atoms with Crippen molar-refractivity contribution in [3.8, 4) is 5.75 Å². The Morgan fingerprint density at radius 1 is 1.14 bits per heavy atom. The molecule has 0 unspecified atom stereocenters. The fourth-order valence-corrected chi connectivity index (χ4v) is 4.21. The molecule has 1 rings (SSSR count). The summed E-state index contributed by atoms with van der Waals surface area (Å²) >= 11 is 0. The first-order chi connectivity index (χ1) is 6.49. The van der Waals surface area contributed by atoms with Crippen LogP contribution in [0.1, 0.15) is 13.8 Å². The van der Waals surface area contributed by atoms with Crippen molar-refractivity contribution >= 4 is 7.49 Å². The molecule has 0 aliphatic rings. The molecule has 0 aromatic heterocycles. The Kier molecular flexibility index (Phi) is 3.95. The van der Waals surface area contributed by atoms with Crippen LogP contribution in [0, 0.1) is 5.92 Å². The minimum atomic E-state index is -1.22. The van der Waals surface area contributed by atoms with Crippen LogP contribution in [0.15, 0.2) is 30.3 Å². The maximum absolute atomic E-state index is 6.02. The molecule has 0 fully saturated rings. The summed E-state index contributed by atoms with van der Waals surface area (Å²) in [7, 11) is -1.22. The number of hydrogen-bond donors (Lipinski definition) is 0. The van der Waals surface area contributed by atoms with Gasteiger partial charge in [-0.25, -0.2) is 0 Å². The molecule has 1 aromatic rings. The van der Waals surface area contributed by atoms with Gasteiger partial charge in [0.2, 0.25) is 0 Å². The van der Waals surface area contributed by atoms with Crippen LogP contribution in [-0.2, 0) is 0 Å². The maximum atomic E-state index is 6.02. The third-order valence-corrected chi connectivity index (χ3v) is 4.22. The minimum Gasteiger partial charge on any atom is -0.351 e. The Hall–Kier alpha value is -0.550. The highest BCUT2D eigenvalue weighted by Gasteiger charge is 2.29. The van der Waals surface area contributed by atoms with Gasteiger partial charge in [-0.05, 0) is 18.1 Å². The Bertz CT molecular complexity index is 267. The molecule has 78 valence electrons. The fraction of sp³-hybridized carbons (Fsp3) is 0.500. The lowest BCUT2D eigenvalue weighted by atomic mass is 10.3. The van der Waals surface area contributed by atoms with E-state index in [1.807, 2.05) is 30.3 Å². The molecule has 0 saturated heterocycles. The Morgan fingerprint density at radius 2 is 1.71 bits per heavy atom. The van der Waals surface area contributed by atoms with Crippen molar-refractivity contribution in [3.05, 3.63) is 30.3 Å². The van der Waals surface area contributed by atoms with Crippen LogP contribution in [0.25, 0.3) is 0 Å². The highest BCUT2D eigenvalue weighted by Crippen LogP contribution is 2.53. The fourth-order valence-electron chi connectivity index (χ4n) is 1.68. The van der Waals surface area contributed by atoms with Crippen LogP contribution < -0.4 is 4.52 Å². The molecule has 0 amide bonds. The van der Waals surface area contributed by atoms with Crippen LogP contribution in [0.2, 0.25) is 0 Å². The van der Waals surface area contributed by atoms with Crippen molar-refractivity contribution in [3.63, 3.8) is 0 Å². The zero-order valence-corrected chi connectivity index (χ0v) is 10.4. The molecule has 0 spiro atoms. The van der Waals surface area contributed by atoms with Gasteiger partial charge in [0.15, 0.2) is 13.2 Å². The lowest BCUT2D eigenvalue weighted by molar-refractivity contribution is 0.586. The summed E-state index contributed by atoms with van der Waals surface area (Å²) in [4.78, 5) is 0. The summed E-state index contributed by atoms with van der Waals surface area (Å²) in [6, 6.07) is 10.1. The molecular formula is C12H20OP+. The second-order valence-electron chi connectivity index (χ2n) is 4.55. The molecule has 2 heteroatoms. The molecule has 0 aliphatic heterocycles. The first-order valence-electron chi connectivity index (χ1n) is 5.07. The molecule has 14 heavy (non-hydrogen) atoms. The van der Waals surface area contributed by atoms with E-state index in [4.69, 9.17) is 4.52 Å². The molecule has 0 bridgehead atoms. The van der Waals surface area contributed by atoms with Gasteiger partial charge in [0.05, 0.1) is 19.5 Å². The zero-order valence-electron chi connectivity index (χ0n) is 9.53. The van der Waals surface area contributed by atoms with E-state index in [-0.39, 0.29) is 0 Å². The zero-order chi connectivity index (χ0) is 10.6. The Balaban J connectivity index is 2.59. The second-order valence-corrected chi connectivity index (χ2v) is 8.25. The molecule has 1 aromatic carbocycles. The largest absolute Gasteiger partial charge is 0.351 e. The molecule has 0 saturated carbocycles. The third kappa shape index (κ3) is 4.11. The van der Waals surface area contributed by atoms with Gasteiger partial charge in [0.25, 0.3) is 0 Å². The summed E-state index contributed by atoms with van der Waals surface area (Å²) in [6.07, 6.45) is 1.18. The van der Waals surface area contributed by atoms with Crippen molar-refractivity contribution in [2.75, 3.05) is 19.5 Å². The number of hydrogen-bond acceptors (Lipinski definition) is 1. The standard InChI is InChI=1S/C12H20OP/c1-11(2)10-14(3,4)13-12-8-6-5-7-9-12/h5-9,11H,10H2,1-4H3/q+1. The highest BCUT2D eigenvalue weighted by atomic mass is 31.2. The average Bonchev–Trinajstić information content (AvgIpc) is 2.02. The van der Waals surface area contributed by atoms with Gasteiger partial charge in [-0.3, -0.25) is 0 Å². The molecule has 0 radical (unpaired) electrons. The first kappa shape index (κ1) is 11.5. The van der Waals surface area contributed by atoms with Crippen LogP contribution in [0.3, 0.4) is 0 Å². The quantitative estimate of drug-likeness (QED) is 0.686. The van der Waals surface area contributed by atoms with Gasteiger partial charge >= 0.3 is 0 Å². The number of benzene rings is 1. The van der Waals surface area contributed by atoms with Gasteiger partial charge in [-0.2, -0.15) is 0 Å². The normalized spacial score (nSPS) is 11.8. The third-order valence-electron chi connectivity index (χ3n) is 1.90. The van der Waals surface area contributed by atoms with Crippen LogP contribution in [0.4, 0.5) is 0 Å². The Labute approximate surface area is 87.9 Å². The van der Waals surface area contributed by atoms with Crippen molar-refractivity contribution in [1.29, 1.82) is 0 Å². The molecule has 0 aliphatic carbocycles. The smallest absolute Gasteiger partial charge is 0.185 e. The van der Waals surface area contributed by atoms with E-state index in [1.54, 1.807) is 0 Å². The number of para-hydroxylation sites is 1. The van der Waals surface area contributed by atoms with E-state index in [0.29, 0.717) is 5.92 Å². The van der Waals surface area contributed by atoms with Crippen molar-refractivity contribution in [2.45, 2.75) is 13.8 Å². The van der Waals surface area contributed by atoms with E-state index >= 15 is 0 Å². The average molecular weight is 211 g/mol.